The highest BCUT2D eigenvalue weighted by Crippen LogP contribution is 2.15. The van der Waals surface area contributed by atoms with Gasteiger partial charge in [-0.2, -0.15) is 0 Å². The van der Waals surface area contributed by atoms with Crippen molar-refractivity contribution in [3.63, 3.8) is 0 Å². The van der Waals surface area contributed by atoms with Crippen LogP contribution in [0.2, 0.25) is 0 Å². The first-order valence-corrected chi connectivity index (χ1v) is 6.88. The summed E-state index contributed by atoms with van der Waals surface area (Å²) in [6.45, 7) is 3.44. The van der Waals surface area contributed by atoms with Crippen molar-refractivity contribution in [2.24, 2.45) is 0 Å². The van der Waals surface area contributed by atoms with Gasteiger partial charge in [0.2, 0.25) is 0 Å². The molecule has 0 radical (unpaired) electrons. The summed E-state index contributed by atoms with van der Waals surface area (Å²) in [6.07, 6.45) is 1.61. The lowest BCUT2D eigenvalue weighted by molar-refractivity contribution is -0.139. The number of ether oxygens (including phenoxy) is 1. The van der Waals surface area contributed by atoms with Gasteiger partial charge in [0.1, 0.15) is 5.75 Å². The molecule has 4 nitrogen and oxygen atoms in total. The maximum absolute atomic E-state index is 12.3. The third-order valence-corrected chi connectivity index (χ3v) is 3.62. The standard InChI is InChI=1S/C15H22N2O2/c1-12(19-14-6-4-3-5-7-14)15(18)17-10-8-13(16-2)9-11-17/h3-7,12-13,16H,8-11H2,1-2H3. The highest BCUT2D eigenvalue weighted by Gasteiger charge is 2.26. The second-order valence-electron chi connectivity index (χ2n) is 4.96. The van der Waals surface area contributed by atoms with Crippen LogP contribution in [0, 0.1) is 0 Å². The first-order valence-electron chi connectivity index (χ1n) is 6.88. The van der Waals surface area contributed by atoms with E-state index in [0.29, 0.717) is 6.04 Å². The highest BCUT2D eigenvalue weighted by molar-refractivity contribution is 5.81. The van der Waals surface area contributed by atoms with E-state index in [9.17, 15) is 4.79 Å². The van der Waals surface area contributed by atoms with Crippen LogP contribution in [0.25, 0.3) is 0 Å². The molecule has 1 unspecified atom stereocenters. The molecule has 0 spiro atoms. The average molecular weight is 262 g/mol. The molecular formula is C15H22N2O2. The second-order valence-corrected chi connectivity index (χ2v) is 4.96. The molecule has 19 heavy (non-hydrogen) atoms. The Hall–Kier alpha value is -1.55. The Balaban J connectivity index is 1.86. The number of rotatable bonds is 4. The number of hydrogen-bond acceptors (Lipinski definition) is 3. The van der Waals surface area contributed by atoms with E-state index in [1.165, 1.54) is 0 Å². The summed E-state index contributed by atoms with van der Waals surface area (Å²) in [7, 11) is 1.98. The third kappa shape index (κ3) is 3.70. The van der Waals surface area contributed by atoms with Crippen molar-refractivity contribution < 1.29 is 9.53 Å². The molecule has 104 valence electrons. The molecule has 1 aromatic rings. The summed E-state index contributed by atoms with van der Waals surface area (Å²) in [5, 5.41) is 3.26. The smallest absolute Gasteiger partial charge is 0.263 e. The fourth-order valence-electron chi connectivity index (χ4n) is 2.40. The molecule has 1 aliphatic heterocycles. The van der Waals surface area contributed by atoms with E-state index in [-0.39, 0.29) is 5.91 Å². The molecule has 0 aromatic heterocycles. The zero-order valence-electron chi connectivity index (χ0n) is 11.6. The molecule has 0 saturated carbocycles. The van der Waals surface area contributed by atoms with Crippen molar-refractivity contribution in [1.29, 1.82) is 0 Å². The van der Waals surface area contributed by atoms with Crippen LogP contribution in [0.15, 0.2) is 30.3 Å². The highest BCUT2D eigenvalue weighted by atomic mass is 16.5. The first kappa shape index (κ1) is 13.9. The Morgan fingerprint density at radius 1 is 1.32 bits per heavy atom. The molecule has 1 fully saturated rings. The lowest BCUT2D eigenvalue weighted by atomic mass is 10.0. The summed E-state index contributed by atoms with van der Waals surface area (Å²) in [4.78, 5) is 14.2. The maximum atomic E-state index is 12.3. The average Bonchev–Trinajstić information content (AvgIpc) is 2.47. The van der Waals surface area contributed by atoms with Crippen molar-refractivity contribution >= 4 is 5.91 Å². The van der Waals surface area contributed by atoms with Gasteiger partial charge in [0.15, 0.2) is 6.10 Å². The van der Waals surface area contributed by atoms with Gasteiger partial charge in [-0.1, -0.05) is 18.2 Å². The molecule has 1 N–H and O–H groups in total. The summed E-state index contributed by atoms with van der Waals surface area (Å²) >= 11 is 0. The molecule has 0 aliphatic carbocycles. The number of carbonyl (C=O) groups excluding carboxylic acids is 1. The van der Waals surface area contributed by atoms with E-state index in [1.54, 1.807) is 0 Å². The van der Waals surface area contributed by atoms with E-state index < -0.39 is 6.10 Å². The molecule has 0 bridgehead atoms. The number of hydrogen-bond donors (Lipinski definition) is 1. The summed E-state index contributed by atoms with van der Waals surface area (Å²) in [5.74, 6) is 0.826. The zero-order valence-corrected chi connectivity index (χ0v) is 11.6. The predicted molar refractivity (Wildman–Crippen MR) is 75.2 cm³/mol. The third-order valence-electron chi connectivity index (χ3n) is 3.62. The normalized spacial score (nSPS) is 18.1. The van der Waals surface area contributed by atoms with Gasteiger partial charge in [-0.25, -0.2) is 0 Å². The van der Waals surface area contributed by atoms with Crippen LogP contribution < -0.4 is 10.1 Å². The van der Waals surface area contributed by atoms with Crippen molar-refractivity contribution in [3.05, 3.63) is 30.3 Å². The fraction of sp³-hybridized carbons (Fsp3) is 0.533. The topological polar surface area (TPSA) is 41.6 Å². The van der Waals surface area contributed by atoms with Gasteiger partial charge in [0.25, 0.3) is 5.91 Å². The van der Waals surface area contributed by atoms with Crippen LogP contribution >= 0.6 is 0 Å². The van der Waals surface area contributed by atoms with Gasteiger partial charge in [-0.05, 0) is 38.9 Å². The molecule has 4 heteroatoms. The molecule has 1 heterocycles. The maximum Gasteiger partial charge on any atom is 0.263 e. The first-order chi connectivity index (χ1) is 9.20. The minimum atomic E-state index is -0.423. The zero-order chi connectivity index (χ0) is 13.7. The number of nitrogens with one attached hydrogen (secondary N) is 1. The summed E-state index contributed by atoms with van der Waals surface area (Å²) in [5.41, 5.74) is 0. The number of para-hydroxylation sites is 1. The SMILES string of the molecule is CNC1CCN(C(=O)C(C)Oc2ccccc2)CC1. The second kappa shape index (κ2) is 6.57. The lowest BCUT2D eigenvalue weighted by Crippen LogP contribution is -2.48. The minimum Gasteiger partial charge on any atom is -0.481 e. The van der Waals surface area contributed by atoms with E-state index in [1.807, 2.05) is 49.2 Å². The number of carbonyl (C=O) groups is 1. The van der Waals surface area contributed by atoms with Crippen LogP contribution in [0.3, 0.4) is 0 Å². The quantitative estimate of drug-likeness (QED) is 0.897. The van der Waals surface area contributed by atoms with Crippen molar-refractivity contribution in [2.75, 3.05) is 20.1 Å². The Labute approximate surface area is 114 Å². The number of benzene rings is 1. The van der Waals surface area contributed by atoms with Gasteiger partial charge in [0.05, 0.1) is 0 Å². The molecular weight excluding hydrogens is 240 g/mol. The van der Waals surface area contributed by atoms with Gasteiger partial charge < -0.3 is 15.0 Å². The Bertz CT molecular complexity index is 400. The number of nitrogens with zero attached hydrogens (tertiary/aromatic N) is 1. The van der Waals surface area contributed by atoms with Crippen LogP contribution in [0.4, 0.5) is 0 Å². The van der Waals surface area contributed by atoms with Gasteiger partial charge >= 0.3 is 0 Å². The van der Waals surface area contributed by atoms with Gasteiger partial charge in [0, 0.05) is 19.1 Å². The van der Waals surface area contributed by atoms with Crippen LogP contribution in [0.1, 0.15) is 19.8 Å². The predicted octanol–water partition coefficient (Wildman–Crippen LogP) is 1.66. The lowest BCUT2D eigenvalue weighted by Gasteiger charge is -2.33. The Morgan fingerprint density at radius 2 is 1.95 bits per heavy atom. The number of likely N-dealkylation sites (tertiary alicyclic amines) is 1. The van der Waals surface area contributed by atoms with Gasteiger partial charge in [-0.3, -0.25) is 4.79 Å². The molecule has 1 saturated heterocycles. The van der Waals surface area contributed by atoms with Gasteiger partial charge in [-0.15, -0.1) is 0 Å². The van der Waals surface area contributed by atoms with Crippen molar-refractivity contribution in [2.45, 2.75) is 31.9 Å². The molecule has 1 amide bonds. The van der Waals surface area contributed by atoms with E-state index in [4.69, 9.17) is 4.74 Å². The van der Waals surface area contributed by atoms with E-state index in [0.717, 1.165) is 31.7 Å². The fourth-order valence-corrected chi connectivity index (χ4v) is 2.40. The van der Waals surface area contributed by atoms with Crippen LogP contribution in [-0.4, -0.2) is 43.1 Å². The minimum absolute atomic E-state index is 0.0819. The largest absolute Gasteiger partial charge is 0.481 e. The number of piperidine rings is 1. The van der Waals surface area contributed by atoms with Crippen molar-refractivity contribution in [1.82, 2.24) is 10.2 Å². The Morgan fingerprint density at radius 3 is 2.53 bits per heavy atom. The van der Waals surface area contributed by atoms with E-state index >= 15 is 0 Å². The number of amides is 1. The molecule has 1 atom stereocenters. The molecule has 1 aliphatic rings. The van der Waals surface area contributed by atoms with E-state index in [2.05, 4.69) is 5.32 Å². The monoisotopic (exact) mass is 262 g/mol. The molecule has 2 rings (SSSR count). The summed E-state index contributed by atoms with van der Waals surface area (Å²) < 4.78 is 5.68. The summed E-state index contributed by atoms with van der Waals surface area (Å²) in [6, 6.07) is 10.0. The molecule has 1 aromatic carbocycles. The van der Waals surface area contributed by atoms with Crippen molar-refractivity contribution in [3.8, 4) is 5.75 Å². The Kier molecular flexibility index (Phi) is 4.80. The van der Waals surface area contributed by atoms with Crippen LogP contribution in [-0.2, 0) is 4.79 Å². The van der Waals surface area contributed by atoms with Crippen LogP contribution in [0.5, 0.6) is 5.75 Å².